The average Bonchev–Trinajstić information content (AvgIpc) is 3.15. The number of hydrogen-bond acceptors (Lipinski definition) is 8. The van der Waals surface area contributed by atoms with Crippen molar-refractivity contribution >= 4 is 35.6 Å². The summed E-state index contributed by atoms with van der Waals surface area (Å²) < 4.78 is 11.0. The number of benzene rings is 1. The van der Waals surface area contributed by atoms with Crippen molar-refractivity contribution in [3.8, 4) is 5.75 Å². The molecule has 0 spiro atoms. The van der Waals surface area contributed by atoms with Gasteiger partial charge in [0.25, 0.3) is 17.7 Å². The second kappa shape index (κ2) is 12.1. The molecule has 6 amide bonds. The Morgan fingerprint density at radius 2 is 1.77 bits per heavy atom. The highest BCUT2D eigenvalue weighted by atomic mass is 16.6. The van der Waals surface area contributed by atoms with E-state index in [2.05, 4.69) is 10.6 Å². The molecule has 0 bridgehead atoms. The molecule has 1 aromatic carbocycles. The van der Waals surface area contributed by atoms with Crippen LogP contribution in [-0.2, 0) is 19.1 Å². The number of imide groups is 2. The Balaban J connectivity index is 1.20. The Morgan fingerprint density at radius 1 is 1.05 bits per heavy atom. The van der Waals surface area contributed by atoms with Gasteiger partial charge in [0, 0.05) is 26.1 Å². The molecule has 1 unspecified atom stereocenters. The summed E-state index contributed by atoms with van der Waals surface area (Å²) in [5.74, 6) is -2.29. The fraction of sp³-hybridized carbons (Fsp3) is 0.571. The topological polar surface area (TPSA) is 151 Å². The molecule has 216 valence electrons. The van der Waals surface area contributed by atoms with Crippen molar-refractivity contribution in [3.05, 3.63) is 29.3 Å². The number of hydrogen-bond donors (Lipinski definition) is 2. The standard InChI is InChI=1S/C28H36N4O8/c1-28(2,3)40-27(38)31-14-11-17(12-15-31)6-5-13-29-22(34)16-39-20-8-4-7-18-23(20)26(37)32(25(18)36)19-9-10-21(33)30-24(19)35/h4,7-8,17,19H,5-6,9-16H2,1-3H3,(H,29,34)(H,30,33,35). The van der Waals surface area contributed by atoms with Crippen molar-refractivity contribution in [3.63, 3.8) is 0 Å². The Labute approximate surface area is 232 Å². The van der Waals surface area contributed by atoms with Crippen LogP contribution in [-0.4, -0.2) is 83.3 Å². The van der Waals surface area contributed by atoms with Crippen LogP contribution in [0.15, 0.2) is 18.2 Å². The third-order valence-corrected chi connectivity index (χ3v) is 7.17. The SMILES string of the molecule is CC(C)(C)OC(=O)N1CCC(CCCNC(=O)COc2cccc3c2C(=O)N(C2CCC(=O)NC2=O)C3=O)CC1. The molecule has 0 aromatic heterocycles. The number of carbonyl (C=O) groups excluding carboxylic acids is 6. The minimum atomic E-state index is -1.08. The molecule has 4 rings (SSSR count). The lowest BCUT2D eigenvalue weighted by Gasteiger charge is -2.33. The molecule has 0 saturated carbocycles. The normalized spacial score (nSPS) is 19.8. The number of carbonyl (C=O) groups is 6. The summed E-state index contributed by atoms with van der Waals surface area (Å²) >= 11 is 0. The number of nitrogens with zero attached hydrogens (tertiary/aromatic N) is 2. The Morgan fingerprint density at radius 3 is 2.45 bits per heavy atom. The van der Waals surface area contributed by atoms with Crippen LogP contribution in [0.25, 0.3) is 0 Å². The summed E-state index contributed by atoms with van der Waals surface area (Å²) in [5.41, 5.74) is -0.424. The van der Waals surface area contributed by atoms with Gasteiger partial charge in [0.05, 0.1) is 11.1 Å². The molecule has 12 nitrogen and oxygen atoms in total. The quantitative estimate of drug-likeness (QED) is 0.365. The van der Waals surface area contributed by atoms with E-state index in [9.17, 15) is 28.8 Å². The molecule has 2 saturated heterocycles. The maximum absolute atomic E-state index is 13.1. The van der Waals surface area contributed by atoms with Crippen LogP contribution in [0.2, 0.25) is 0 Å². The van der Waals surface area contributed by atoms with Gasteiger partial charge in [-0.15, -0.1) is 0 Å². The Bertz CT molecular complexity index is 1200. The molecular weight excluding hydrogens is 520 g/mol. The minimum absolute atomic E-state index is 0.00252. The number of piperidine rings is 2. The molecule has 1 aromatic rings. The van der Waals surface area contributed by atoms with Gasteiger partial charge in [-0.2, -0.15) is 0 Å². The van der Waals surface area contributed by atoms with Gasteiger partial charge < -0.3 is 19.7 Å². The molecular formula is C28H36N4O8. The fourth-order valence-electron chi connectivity index (χ4n) is 5.15. The van der Waals surface area contributed by atoms with Crippen LogP contribution in [0.3, 0.4) is 0 Å². The largest absolute Gasteiger partial charge is 0.483 e. The summed E-state index contributed by atoms with van der Waals surface area (Å²) in [6.45, 7) is 6.98. The fourth-order valence-corrected chi connectivity index (χ4v) is 5.15. The maximum Gasteiger partial charge on any atom is 0.410 e. The van der Waals surface area contributed by atoms with E-state index < -0.39 is 35.3 Å². The highest BCUT2D eigenvalue weighted by molar-refractivity contribution is 6.24. The van der Waals surface area contributed by atoms with E-state index in [0.29, 0.717) is 25.6 Å². The first-order chi connectivity index (χ1) is 18.9. The van der Waals surface area contributed by atoms with Crippen molar-refractivity contribution in [2.45, 2.75) is 70.9 Å². The van der Waals surface area contributed by atoms with Crippen LogP contribution in [0, 0.1) is 5.92 Å². The molecule has 2 N–H and O–H groups in total. The van der Waals surface area contributed by atoms with E-state index in [4.69, 9.17) is 9.47 Å². The van der Waals surface area contributed by atoms with Gasteiger partial charge in [-0.05, 0) is 70.9 Å². The van der Waals surface area contributed by atoms with Crippen molar-refractivity contribution in [1.82, 2.24) is 20.4 Å². The number of amides is 6. The van der Waals surface area contributed by atoms with Gasteiger partial charge in [-0.3, -0.25) is 34.2 Å². The molecule has 0 aliphatic carbocycles. The van der Waals surface area contributed by atoms with E-state index in [1.165, 1.54) is 12.1 Å². The van der Waals surface area contributed by atoms with Crippen LogP contribution in [0.4, 0.5) is 4.79 Å². The monoisotopic (exact) mass is 556 g/mol. The van der Waals surface area contributed by atoms with Gasteiger partial charge in [-0.1, -0.05) is 6.07 Å². The number of rotatable bonds is 8. The molecule has 3 aliphatic rings. The van der Waals surface area contributed by atoms with E-state index >= 15 is 0 Å². The van der Waals surface area contributed by atoms with Gasteiger partial charge in [0.15, 0.2) is 6.61 Å². The predicted octanol–water partition coefficient (Wildman–Crippen LogP) is 2.01. The van der Waals surface area contributed by atoms with Gasteiger partial charge in [0.1, 0.15) is 17.4 Å². The molecule has 12 heteroatoms. The van der Waals surface area contributed by atoms with Crippen molar-refractivity contribution in [2.75, 3.05) is 26.2 Å². The van der Waals surface area contributed by atoms with E-state index in [1.807, 2.05) is 20.8 Å². The first-order valence-electron chi connectivity index (χ1n) is 13.7. The Hall–Kier alpha value is -3.96. The number of likely N-dealkylation sites (tertiary alicyclic amines) is 1. The molecule has 1 atom stereocenters. The van der Waals surface area contributed by atoms with Crippen LogP contribution in [0.5, 0.6) is 5.75 Å². The maximum atomic E-state index is 13.1. The third kappa shape index (κ3) is 6.78. The summed E-state index contributed by atoms with van der Waals surface area (Å²) in [5, 5.41) is 4.97. The van der Waals surface area contributed by atoms with Crippen molar-refractivity contribution in [2.24, 2.45) is 5.92 Å². The van der Waals surface area contributed by atoms with Crippen LogP contribution >= 0.6 is 0 Å². The first-order valence-corrected chi connectivity index (χ1v) is 13.7. The first kappa shape index (κ1) is 29.0. The molecule has 3 heterocycles. The van der Waals surface area contributed by atoms with Gasteiger partial charge >= 0.3 is 6.09 Å². The number of nitrogens with one attached hydrogen (secondary N) is 2. The summed E-state index contributed by atoms with van der Waals surface area (Å²) in [6, 6.07) is 3.42. The second-order valence-electron chi connectivity index (χ2n) is 11.3. The zero-order chi connectivity index (χ0) is 29.0. The Kier molecular flexibility index (Phi) is 8.75. The van der Waals surface area contributed by atoms with Crippen molar-refractivity contribution in [1.29, 1.82) is 0 Å². The summed E-state index contributed by atoms with van der Waals surface area (Å²) in [4.78, 5) is 77.0. The smallest absolute Gasteiger partial charge is 0.410 e. The minimum Gasteiger partial charge on any atom is -0.483 e. The van der Waals surface area contributed by atoms with Gasteiger partial charge in [0.2, 0.25) is 11.8 Å². The van der Waals surface area contributed by atoms with Crippen molar-refractivity contribution < 1.29 is 38.2 Å². The summed E-state index contributed by atoms with van der Waals surface area (Å²) in [6.07, 6.45) is 3.27. The van der Waals surface area contributed by atoms with E-state index in [-0.39, 0.29) is 48.3 Å². The van der Waals surface area contributed by atoms with Crippen LogP contribution in [0.1, 0.15) is 80.0 Å². The average molecular weight is 557 g/mol. The lowest BCUT2D eigenvalue weighted by Crippen LogP contribution is -2.54. The zero-order valence-electron chi connectivity index (χ0n) is 23.1. The molecule has 2 fully saturated rings. The van der Waals surface area contributed by atoms with Gasteiger partial charge in [-0.25, -0.2) is 4.79 Å². The molecule has 40 heavy (non-hydrogen) atoms. The lowest BCUT2D eigenvalue weighted by molar-refractivity contribution is -0.136. The molecule has 0 radical (unpaired) electrons. The van der Waals surface area contributed by atoms with E-state index in [0.717, 1.165) is 30.6 Å². The number of fused-ring (bicyclic) bond motifs is 1. The highest BCUT2D eigenvalue weighted by Crippen LogP contribution is 2.33. The highest BCUT2D eigenvalue weighted by Gasteiger charge is 2.46. The lowest BCUT2D eigenvalue weighted by atomic mass is 9.92. The van der Waals surface area contributed by atoms with E-state index in [1.54, 1.807) is 11.0 Å². The zero-order valence-corrected chi connectivity index (χ0v) is 23.1. The molecule has 3 aliphatic heterocycles. The summed E-state index contributed by atoms with van der Waals surface area (Å²) in [7, 11) is 0. The third-order valence-electron chi connectivity index (χ3n) is 7.17. The van der Waals surface area contributed by atoms with Crippen LogP contribution < -0.4 is 15.4 Å². The predicted molar refractivity (Wildman–Crippen MR) is 141 cm³/mol. The second-order valence-corrected chi connectivity index (χ2v) is 11.3. The number of ether oxygens (including phenoxy) is 2.